The van der Waals surface area contributed by atoms with E-state index in [0.717, 1.165) is 61.8 Å². The van der Waals surface area contributed by atoms with E-state index in [-0.39, 0.29) is 0 Å². The fourth-order valence-corrected chi connectivity index (χ4v) is 4.07. The topological polar surface area (TPSA) is 59.0 Å². The molecule has 172 valence electrons. The van der Waals surface area contributed by atoms with Crippen LogP contribution in [0.5, 0.6) is 5.75 Å². The summed E-state index contributed by atoms with van der Waals surface area (Å²) in [6.07, 6.45) is -0.532. The van der Waals surface area contributed by atoms with Gasteiger partial charge in [-0.1, -0.05) is 0 Å². The molecule has 0 bridgehead atoms. The molecule has 32 heavy (non-hydrogen) atoms. The summed E-state index contributed by atoms with van der Waals surface area (Å²) in [5.74, 6) is 0.809. The molecule has 0 radical (unpaired) electrons. The first-order chi connectivity index (χ1) is 15.3. The van der Waals surface area contributed by atoms with Gasteiger partial charge in [0.2, 0.25) is 0 Å². The van der Waals surface area contributed by atoms with Crippen molar-refractivity contribution < 1.29 is 17.9 Å². The van der Waals surface area contributed by atoms with Gasteiger partial charge < -0.3 is 4.74 Å². The van der Waals surface area contributed by atoms with Gasteiger partial charge in [0.1, 0.15) is 5.75 Å². The molecule has 1 atom stereocenters. The largest absolute Gasteiger partial charge is 0.493 e. The summed E-state index contributed by atoms with van der Waals surface area (Å²) in [6, 6.07) is 6.83. The molecule has 1 fully saturated rings. The molecule has 3 heterocycles. The number of nitrogens with zero attached hydrogens (tertiary/aromatic N) is 4. The van der Waals surface area contributed by atoms with Crippen molar-refractivity contribution in [3.05, 3.63) is 64.7 Å². The second kappa shape index (κ2) is 9.36. The number of aromatic nitrogens is 4. The van der Waals surface area contributed by atoms with Crippen LogP contribution >= 0.6 is 0 Å². The van der Waals surface area contributed by atoms with Gasteiger partial charge in [-0.25, -0.2) is 0 Å². The number of benzene rings is 1. The summed E-state index contributed by atoms with van der Waals surface area (Å²) in [6.45, 7) is 8.28. The summed E-state index contributed by atoms with van der Waals surface area (Å²) in [5.41, 5.74) is 3.70. The normalized spacial score (nSPS) is 17.2. The quantitative estimate of drug-likeness (QED) is 0.550. The van der Waals surface area contributed by atoms with E-state index in [1.807, 2.05) is 4.68 Å². The Bertz CT molecular complexity index is 1030. The van der Waals surface area contributed by atoms with Crippen LogP contribution < -0.4 is 4.74 Å². The van der Waals surface area contributed by atoms with Crippen molar-refractivity contribution in [1.29, 1.82) is 0 Å². The van der Waals surface area contributed by atoms with Crippen LogP contribution in [0.25, 0.3) is 0 Å². The third-order valence-corrected chi connectivity index (χ3v) is 5.93. The van der Waals surface area contributed by atoms with Gasteiger partial charge in [0, 0.05) is 49.4 Å². The molecule has 1 N–H and O–H groups in total. The van der Waals surface area contributed by atoms with Crippen molar-refractivity contribution >= 4 is 0 Å². The highest BCUT2D eigenvalue weighted by Crippen LogP contribution is 2.30. The second-order valence-corrected chi connectivity index (χ2v) is 8.25. The minimum Gasteiger partial charge on any atom is -0.493 e. The first-order valence-corrected chi connectivity index (χ1v) is 10.9. The zero-order chi connectivity index (χ0) is 22.7. The van der Waals surface area contributed by atoms with Gasteiger partial charge >= 0.3 is 6.18 Å². The Morgan fingerprint density at radius 2 is 2.00 bits per heavy atom. The van der Waals surface area contributed by atoms with Crippen molar-refractivity contribution in [2.45, 2.75) is 51.9 Å². The van der Waals surface area contributed by atoms with E-state index < -0.39 is 11.7 Å². The second-order valence-electron chi connectivity index (χ2n) is 8.25. The molecule has 2 aromatic heterocycles. The molecule has 1 aliphatic rings. The third-order valence-electron chi connectivity index (χ3n) is 5.93. The van der Waals surface area contributed by atoms with Crippen molar-refractivity contribution in [3.8, 4) is 5.75 Å². The Hall–Kier alpha value is -2.81. The van der Waals surface area contributed by atoms with Crippen LogP contribution in [0.15, 0.2) is 36.5 Å². The average Bonchev–Trinajstić information content (AvgIpc) is 3.49. The van der Waals surface area contributed by atoms with Crippen LogP contribution in [0.2, 0.25) is 0 Å². The fourth-order valence-electron chi connectivity index (χ4n) is 4.07. The van der Waals surface area contributed by atoms with Gasteiger partial charge in [-0.05, 0) is 57.1 Å². The molecular formula is C23H28F3N5O. The van der Waals surface area contributed by atoms with E-state index in [1.54, 1.807) is 0 Å². The molecule has 1 saturated heterocycles. The molecule has 0 saturated carbocycles. The highest BCUT2D eigenvalue weighted by atomic mass is 19.4. The minimum absolute atomic E-state index is 0.366. The summed E-state index contributed by atoms with van der Waals surface area (Å²) >= 11 is 0. The minimum atomic E-state index is -4.34. The van der Waals surface area contributed by atoms with Crippen LogP contribution in [0.3, 0.4) is 0 Å². The molecule has 1 aromatic carbocycles. The number of hydrogen-bond acceptors (Lipinski definition) is 4. The van der Waals surface area contributed by atoms with Gasteiger partial charge in [-0.2, -0.15) is 23.4 Å². The lowest BCUT2D eigenvalue weighted by atomic mass is 10.0. The maximum atomic E-state index is 12.6. The smallest absolute Gasteiger partial charge is 0.416 e. The number of ether oxygens (including phenoxy) is 1. The van der Waals surface area contributed by atoms with E-state index in [4.69, 9.17) is 4.74 Å². The number of hydrogen-bond donors (Lipinski definition) is 1. The molecule has 0 aliphatic carbocycles. The van der Waals surface area contributed by atoms with E-state index in [9.17, 15) is 13.2 Å². The van der Waals surface area contributed by atoms with Crippen molar-refractivity contribution in [3.63, 3.8) is 0 Å². The van der Waals surface area contributed by atoms with E-state index in [1.165, 1.54) is 17.7 Å². The average molecular weight is 448 g/mol. The van der Waals surface area contributed by atoms with Gasteiger partial charge in [0.25, 0.3) is 0 Å². The number of H-pyrrole nitrogens is 1. The summed E-state index contributed by atoms with van der Waals surface area (Å²) < 4.78 is 45.5. The lowest BCUT2D eigenvalue weighted by Crippen LogP contribution is -2.20. The van der Waals surface area contributed by atoms with Crippen molar-refractivity contribution in [2.24, 2.45) is 0 Å². The number of alkyl halides is 3. The fraction of sp³-hybridized carbons (Fsp3) is 0.478. The molecule has 4 rings (SSSR count). The van der Waals surface area contributed by atoms with Gasteiger partial charge in [0.15, 0.2) is 0 Å². The first kappa shape index (κ1) is 22.4. The highest BCUT2D eigenvalue weighted by Gasteiger charge is 2.30. The Kier molecular flexibility index (Phi) is 6.55. The lowest BCUT2D eigenvalue weighted by molar-refractivity contribution is -0.137. The molecule has 6 nitrogen and oxygen atoms in total. The summed E-state index contributed by atoms with van der Waals surface area (Å²) in [4.78, 5) is 2.44. The first-order valence-electron chi connectivity index (χ1n) is 10.9. The molecule has 0 spiro atoms. The van der Waals surface area contributed by atoms with Crippen LogP contribution in [0, 0.1) is 6.92 Å². The summed E-state index contributed by atoms with van der Waals surface area (Å²) in [5, 5.41) is 12.1. The molecular weight excluding hydrogens is 419 g/mol. The van der Waals surface area contributed by atoms with E-state index in [0.29, 0.717) is 24.7 Å². The number of nitrogens with one attached hydrogen (secondary N) is 1. The van der Waals surface area contributed by atoms with Crippen LogP contribution in [-0.4, -0.2) is 44.6 Å². The Balaban J connectivity index is 1.25. The van der Waals surface area contributed by atoms with Crippen molar-refractivity contribution in [2.75, 3.05) is 19.7 Å². The van der Waals surface area contributed by atoms with Crippen LogP contribution in [0.1, 0.15) is 47.5 Å². The Labute approximate surface area is 185 Å². The van der Waals surface area contributed by atoms with Gasteiger partial charge in [-0.3, -0.25) is 14.7 Å². The lowest BCUT2D eigenvalue weighted by Gasteiger charge is -2.14. The monoisotopic (exact) mass is 447 g/mol. The van der Waals surface area contributed by atoms with Gasteiger partial charge in [-0.15, -0.1) is 0 Å². The molecule has 1 unspecified atom stereocenters. The third kappa shape index (κ3) is 5.32. The number of rotatable bonds is 8. The molecule has 9 heteroatoms. The maximum absolute atomic E-state index is 12.6. The zero-order valence-corrected chi connectivity index (χ0v) is 18.3. The van der Waals surface area contributed by atoms with Crippen molar-refractivity contribution in [1.82, 2.24) is 24.9 Å². The van der Waals surface area contributed by atoms with Crippen LogP contribution in [-0.2, 0) is 25.7 Å². The van der Waals surface area contributed by atoms with E-state index >= 15 is 0 Å². The molecule has 3 aromatic rings. The molecule has 0 amide bonds. The van der Waals surface area contributed by atoms with E-state index in [2.05, 4.69) is 46.3 Å². The number of halogens is 3. The standard InChI is InChI=1S/C23H28F3N5O/c1-3-31-15-18(16(2)29-31)14-30-10-8-17(13-30)22-12-20(27-28-22)9-11-32-21-6-4-19(5-7-21)23(24,25)26/h4-7,12,15,17H,3,8-11,13-14H2,1-2H3,(H,27,28). The van der Waals surface area contributed by atoms with Gasteiger partial charge in [0.05, 0.1) is 23.6 Å². The molecule has 1 aliphatic heterocycles. The number of aryl methyl sites for hydroxylation is 2. The Morgan fingerprint density at radius 3 is 2.69 bits per heavy atom. The maximum Gasteiger partial charge on any atom is 0.416 e. The number of likely N-dealkylation sites (tertiary alicyclic amines) is 1. The zero-order valence-electron chi connectivity index (χ0n) is 18.3. The predicted octanol–water partition coefficient (Wildman–Crippen LogP) is 4.56. The SMILES string of the molecule is CCn1cc(CN2CCC(c3cc(CCOc4ccc(C(F)(F)F)cc4)[nH]n3)C2)c(C)n1. The van der Waals surface area contributed by atoms with Crippen LogP contribution in [0.4, 0.5) is 13.2 Å². The number of aromatic amines is 1. The summed E-state index contributed by atoms with van der Waals surface area (Å²) in [7, 11) is 0. The predicted molar refractivity (Wildman–Crippen MR) is 115 cm³/mol. The Morgan fingerprint density at radius 1 is 1.22 bits per heavy atom. The highest BCUT2D eigenvalue weighted by molar-refractivity contribution is 5.29.